The summed E-state index contributed by atoms with van der Waals surface area (Å²) in [5, 5.41) is 13.2. The van der Waals surface area contributed by atoms with Crippen molar-refractivity contribution in [2.45, 2.75) is 17.1 Å². The summed E-state index contributed by atoms with van der Waals surface area (Å²) in [4.78, 5) is 24.6. The summed E-state index contributed by atoms with van der Waals surface area (Å²) in [6.45, 7) is 1.35. The molecule has 0 saturated heterocycles. The van der Waals surface area contributed by atoms with Gasteiger partial charge in [0.2, 0.25) is 0 Å². The number of ether oxygens (including phenoxy) is 1. The zero-order valence-electron chi connectivity index (χ0n) is 12.3. The highest BCUT2D eigenvalue weighted by atomic mass is 32.2. The van der Waals surface area contributed by atoms with Crippen molar-refractivity contribution in [1.29, 1.82) is 5.26 Å². The number of thioether (sulfide) groups is 1. The molecule has 0 fully saturated rings. The van der Waals surface area contributed by atoms with Gasteiger partial charge in [-0.2, -0.15) is 5.26 Å². The lowest BCUT2D eigenvalue weighted by Crippen LogP contribution is -2.24. The molecule has 0 spiro atoms. The van der Waals surface area contributed by atoms with Gasteiger partial charge in [0.15, 0.2) is 6.61 Å². The summed E-state index contributed by atoms with van der Waals surface area (Å²) in [5.41, 5.74) is 0.391. The van der Waals surface area contributed by atoms with Gasteiger partial charge in [-0.1, -0.05) is 18.2 Å². The van der Waals surface area contributed by atoms with Crippen molar-refractivity contribution in [3.8, 4) is 6.07 Å². The Balaban J connectivity index is 1.79. The van der Waals surface area contributed by atoms with Gasteiger partial charge in [0.25, 0.3) is 5.91 Å². The van der Waals surface area contributed by atoms with Gasteiger partial charge in [-0.25, -0.2) is 0 Å². The third-order valence-corrected chi connectivity index (χ3v) is 4.69. The first-order valence-electron chi connectivity index (χ1n) is 6.76. The number of thiophene rings is 1. The second kappa shape index (κ2) is 8.36. The molecule has 1 aromatic carbocycles. The van der Waals surface area contributed by atoms with Crippen LogP contribution in [0.1, 0.15) is 12.5 Å². The summed E-state index contributed by atoms with van der Waals surface area (Å²) in [5.74, 6) is -0.921. The molecule has 1 heterocycles. The Morgan fingerprint density at radius 1 is 1.35 bits per heavy atom. The van der Waals surface area contributed by atoms with E-state index in [1.54, 1.807) is 18.4 Å². The van der Waals surface area contributed by atoms with Crippen molar-refractivity contribution in [3.63, 3.8) is 0 Å². The van der Waals surface area contributed by atoms with Crippen LogP contribution < -0.4 is 5.32 Å². The van der Waals surface area contributed by atoms with E-state index >= 15 is 0 Å². The average molecular weight is 346 g/mol. The molecule has 0 aliphatic carbocycles. The van der Waals surface area contributed by atoms with E-state index in [1.807, 2.05) is 36.4 Å². The molecule has 2 rings (SSSR count). The first-order chi connectivity index (χ1) is 11.1. The molecule has 1 atom stereocenters. The van der Waals surface area contributed by atoms with Crippen molar-refractivity contribution in [2.75, 3.05) is 11.9 Å². The Morgan fingerprint density at radius 3 is 2.78 bits per heavy atom. The van der Waals surface area contributed by atoms with E-state index in [0.717, 1.165) is 4.90 Å². The number of hydrogen-bond donors (Lipinski definition) is 1. The number of anilines is 1. The maximum atomic E-state index is 11.9. The van der Waals surface area contributed by atoms with E-state index < -0.39 is 17.1 Å². The van der Waals surface area contributed by atoms with E-state index in [9.17, 15) is 9.59 Å². The minimum Gasteiger partial charge on any atom is -0.455 e. The fraction of sp³-hybridized carbons (Fsp3) is 0.188. The standard InChI is InChI=1S/C16H14N2O3S2/c1-11(23-13-5-3-2-4-6-13)16(20)21-10-14(19)18-15-12(9-17)7-8-22-15/h2-8,11H,10H2,1H3,(H,18,19)/t11-/m0/s1. The number of esters is 1. The van der Waals surface area contributed by atoms with Gasteiger partial charge in [-0.05, 0) is 30.5 Å². The Kier molecular flexibility index (Phi) is 6.20. The van der Waals surface area contributed by atoms with Gasteiger partial charge in [-0.15, -0.1) is 23.1 Å². The highest BCUT2D eigenvalue weighted by Crippen LogP contribution is 2.24. The summed E-state index contributed by atoms with van der Waals surface area (Å²) in [6.07, 6.45) is 0. The zero-order chi connectivity index (χ0) is 16.7. The third kappa shape index (κ3) is 5.13. The highest BCUT2D eigenvalue weighted by Gasteiger charge is 2.17. The van der Waals surface area contributed by atoms with Crippen LogP contribution in [0, 0.1) is 11.3 Å². The Bertz CT molecular complexity index is 722. The molecule has 0 aliphatic heterocycles. The fourth-order valence-electron chi connectivity index (χ4n) is 1.66. The minimum absolute atomic E-state index is 0.374. The van der Waals surface area contributed by atoms with Crippen LogP contribution in [-0.4, -0.2) is 23.7 Å². The molecule has 5 nitrogen and oxygen atoms in total. The number of nitriles is 1. The lowest BCUT2D eigenvalue weighted by molar-refractivity contribution is -0.146. The van der Waals surface area contributed by atoms with E-state index in [2.05, 4.69) is 5.32 Å². The monoisotopic (exact) mass is 346 g/mol. The van der Waals surface area contributed by atoms with Crippen LogP contribution in [0.2, 0.25) is 0 Å². The van der Waals surface area contributed by atoms with E-state index in [0.29, 0.717) is 10.6 Å². The molecule has 0 radical (unpaired) electrons. The smallest absolute Gasteiger partial charge is 0.319 e. The lowest BCUT2D eigenvalue weighted by Gasteiger charge is -2.11. The summed E-state index contributed by atoms with van der Waals surface area (Å²) in [7, 11) is 0. The molecule has 23 heavy (non-hydrogen) atoms. The van der Waals surface area contributed by atoms with Crippen molar-refractivity contribution >= 4 is 40.0 Å². The second-order valence-corrected chi connectivity index (χ2v) is 6.83. The third-order valence-electron chi connectivity index (χ3n) is 2.77. The van der Waals surface area contributed by atoms with Gasteiger partial charge in [-0.3, -0.25) is 9.59 Å². The maximum absolute atomic E-state index is 11.9. The molecule has 1 N–H and O–H groups in total. The molecular weight excluding hydrogens is 332 g/mol. The molecule has 2 aromatic rings. The van der Waals surface area contributed by atoms with E-state index in [4.69, 9.17) is 10.00 Å². The van der Waals surface area contributed by atoms with Crippen LogP contribution in [0.5, 0.6) is 0 Å². The largest absolute Gasteiger partial charge is 0.455 e. The second-order valence-electron chi connectivity index (χ2n) is 4.50. The number of carbonyl (C=O) groups is 2. The Labute approximate surface area is 142 Å². The van der Waals surface area contributed by atoms with Gasteiger partial charge in [0.1, 0.15) is 16.3 Å². The van der Waals surface area contributed by atoms with Crippen LogP contribution in [0.3, 0.4) is 0 Å². The van der Waals surface area contributed by atoms with Crippen LogP contribution >= 0.6 is 23.1 Å². The maximum Gasteiger partial charge on any atom is 0.319 e. The molecule has 7 heteroatoms. The number of carbonyl (C=O) groups excluding carboxylic acids is 2. The number of nitrogens with zero attached hydrogens (tertiary/aromatic N) is 1. The quantitative estimate of drug-likeness (QED) is 0.641. The van der Waals surface area contributed by atoms with Crippen molar-refractivity contribution in [1.82, 2.24) is 0 Å². The van der Waals surface area contributed by atoms with Crippen molar-refractivity contribution in [2.24, 2.45) is 0 Å². The number of benzene rings is 1. The molecule has 0 bridgehead atoms. The number of amides is 1. The van der Waals surface area contributed by atoms with Gasteiger partial charge in [0, 0.05) is 4.90 Å². The van der Waals surface area contributed by atoms with Gasteiger partial charge < -0.3 is 10.1 Å². The average Bonchev–Trinajstić information content (AvgIpc) is 3.00. The van der Waals surface area contributed by atoms with Crippen LogP contribution in [-0.2, 0) is 14.3 Å². The summed E-state index contributed by atoms with van der Waals surface area (Å²) >= 11 is 2.61. The number of rotatable bonds is 6. The van der Waals surface area contributed by atoms with E-state index in [1.165, 1.54) is 23.1 Å². The van der Waals surface area contributed by atoms with Crippen molar-refractivity contribution in [3.05, 3.63) is 47.3 Å². The number of nitrogens with one attached hydrogen (secondary N) is 1. The van der Waals surface area contributed by atoms with Crippen LogP contribution in [0.15, 0.2) is 46.7 Å². The predicted octanol–water partition coefficient (Wildman–Crippen LogP) is 3.28. The molecule has 1 amide bonds. The molecule has 0 saturated carbocycles. The topological polar surface area (TPSA) is 79.2 Å². The highest BCUT2D eigenvalue weighted by molar-refractivity contribution is 8.00. The fourth-order valence-corrected chi connectivity index (χ4v) is 3.30. The minimum atomic E-state index is -0.464. The SMILES string of the molecule is C[C@H](Sc1ccccc1)C(=O)OCC(=O)Nc1sccc1C#N. The summed E-state index contributed by atoms with van der Waals surface area (Å²) < 4.78 is 5.01. The van der Waals surface area contributed by atoms with Crippen molar-refractivity contribution < 1.29 is 14.3 Å². The molecule has 118 valence electrons. The molecular formula is C16H14N2O3S2. The molecule has 1 aromatic heterocycles. The molecule has 0 unspecified atom stereocenters. The summed E-state index contributed by atoms with van der Waals surface area (Å²) in [6, 6.07) is 13.1. The van der Waals surface area contributed by atoms with Gasteiger partial charge in [0.05, 0.1) is 5.56 Å². The predicted molar refractivity (Wildman–Crippen MR) is 90.4 cm³/mol. The molecule has 0 aliphatic rings. The number of hydrogen-bond acceptors (Lipinski definition) is 6. The Morgan fingerprint density at radius 2 is 2.09 bits per heavy atom. The van der Waals surface area contributed by atoms with Crippen LogP contribution in [0.25, 0.3) is 0 Å². The Hall–Kier alpha value is -2.30. The van der Waals surface area contributed by atoms with Crippen LogP contribution in [0.4, 0.5) is 5.00 Å². The van der Waals surface area contributed by atoms with E-state index in [-0.39, 0.29) is 6.61 Å². The van der Waals surface area contributed by atoms with Gasteiger partial charge >= 0.3 is 5.97 Å². The zero-order valence-corrected chi connectivity index (χ0v) is 13.9. The first kappa shape index (κ1) is 17.1. The first-order valence-corrected chi connectivity index (χ1v) is 8.52. The lowest BCUT2D eigenvalue weighted by atomic mass is 10.3. The normalized spacial score (nSPS) is 11.3.